The highest BCUT2D eigenvalue weighted by atomic mass is 32.2. The van der Waals surface area contributed by atoms with Crippen LogP contribution in [0.15, 0.2) is 40.7 Å². The molecule has 5 nitrogen and oxygen atoms in total. The number of nitrogens with zero attached hydrogens (tertiary/aromatic N) is 2. The van der Waals surface area contributed by atoms with Crippen LogP contribution in [0.1, 0.15) is 30.3 Å². The highest BCUT2D eigenvalue weighted by molar-refractivity contribution is 7.91. The van der Waals surface area contributed by atoms with Crippen LogP contribution in [0.4, 0.5) is 0 Å². The molecule has 136 valence electrons. The number of pyridine rings is 1. The fourth-order valence-electron chi connectivity index (χ4n) is 3.06. The van der Waals surface area contributed by atoms with E-state index in [2.05, 4.69) is 14.6 Å². The van der Waals surface area contributed by atoms with Gasteiger partial charge in [0.1, 0.15) is 4.21 Å². The molecule has 25 heavy (non-hydrogen) atoms. The Morgan fingerprint density at radius 3 is 2.68 bits per heavy atom. The molecule has 7 heteroatoms. The van der Waals surface area contributed by atoms with Gasteiger partial charge >= 0.3 is 0 Å². The van der Waals surface area contributed by atoms with Crippen molar-refractivity contribution in [2.24, 2.45) is 5.92 Å². The van der Waals surface area contributed by atoms with Gasteiger partial charge in [-0.1, -0.05) is 13.0 Å². The van der Waals surface area contributed by atoms with Crippen molar-refractivity contribution < 1.29 is 8.42 Å². The number of piperidine rings is 1. The first-order chi connectivity index (χ1) is 12.1. The summed E-state index contributed by atoms with van der Waals surface area (Å²) in [4.78, 5) is 7.86. The molecular formula is C18H25N3O2S2. The Morgan fingerprint density at radius 2 is 2.04 bits per heavy atom. The smallest absolute Gasteiger partial charge is 0.250 e. The number of thiophene rings is 1. The maximum atomic E-state index is 12.4. The number of aryl methyl sites for hydroxylation is 1. The zero-order chi connectivity index (χ0) is 17.7. The minimum atomic E-state index is -3.37. The maximum absolute atomic E-state index is 12.4. The van der Waals surface area contributed by atoms with Gasteiger partial charge in [0.25, 0.3) is 0 Å². The molecule has 0 saturated carbocycles. The Kier molecular flexibility index (Phi) is 6.22. The predicted octanol–water partition coefficient (Wildman–Crippen LogP) is 2.90. The quantitative estimate of drug-likeness (QED) is 0.803. The van der Waals surface area contributed by atoms with Gasteiger partial charge in [-0.2, -0.15) is 0 Å². The van der Waals surface area contributed by atoms with Gasteiger partial charge in [-0.05, 0) is 62.5 Å². The lowest BCUT2D eigenvalue weighted by Crippen LogP contribution is -2.38. The molecule has 1 N–H and O–H groups in total. The van der Waals surface area contributed by atoms with E-state index in [0.29, 0.717) is 16.7 Å². The van der Waals surface area contributed by atoms with E-state index in [4.69, 9.17) is 0 Å². The first kappa shape index (κ1) is 18.5. The van der Waals surface area contributed by atoms with E-state index in [9.17, 15) is 8.42 Å². The van der Waals surface area contributed by atoms with E-state index in [0.717, 1.165) is 49.5 Å². The van der Waals surface area contributed by atoms with Crippen LogP contribution in [-0.4, -0.2) is 37.9 Å². The van der Waals surface area contributed by atoms with Crippen molar-refractivity contribution in [1.29, 1.82) is 0 Å². The Labute approximate surface area is 154 Å². The number of aromatic nitrogens is 1. The van der Waals surface area contributed by atoms with Gasteiger partial charge in [0.2, 0.25) is 10.0 Å². The molecule has 0 aromatic carbocycles. The lowest BCUT2D eigenvalue weighted by molar-refractivity contribution is 0.177. The van der Waals surface area contributed by atoms with E-state index in [1.807, 2.05) is 37.4 Å². The minimum Gasteiger partial charge on any atom is -0.297 e. The number of likely N-dealkylation sites (tertiary alicyclic amines) is 1. The van der Waals surface area contributed by atoms with Crippen molar-refractivity contribution in [3.05, 3.63) is 47.1 Å². The largest absolute Gasteiger partial charge is 0.297 e. The lowest BCUT2D eigenvalue weighted by atomic mass is 9.97. The number of nitrogens with one attached hydrogen (secondary N) is 1. The zero-order valence-corrected chi connectivity index (χ0v) is 16.2. The fraction of sp³-hybridized carbons (Fsp3) is 0.500. The van der Waals surface area contributed by atoms with Crippen LogP contribution in [0.25, 0.3) is 0 Å². The summed E-state index contributed by atoms with van der Waals surface area (Å²) in [5, 5.41) is 0. The lowest BCUT2D eigenvalue weighted by Gasteiger charge is -2.31. The van der Waals surface area contributed by atoms with Crippen LogP contribution in [0.5, 0.6) is 0 Å². The van der Waals surface area contributed by atoms with Crippen LogP contribution in [-0.2, 0) is 23.0 Å². The molecule has 3 heterocycles. The van der Waals surface area contributed by atoms with E-state index in [1.54, 1.807) is 6.07 Å². The van der Waals surface area contributed by atoms with Crippen LogP contribution >= 0.6 is 11.3 Å². The third-order valence-electron chi connectivity index (χ3n) is 4.63. The average molecular weight is 380 g/mol. The molecular weight excluding hydrogens is 354 g/mol. The molecule has 0 unspecified atom stereocenters. The molecule has 2 aromatic heterocycles. The summed E-state index contributed by atoms with van der Waals surface area (Å²) >= 11 is 1.36. The highest BCUT2D eigenvalue weighted by Crippen LogP contribution is 2.23. The molecule has 0 radical (unpaired) electrons. The van der Waals surface area contributed by atoms with Crippen LogP contribution in [0, 0.1) is 5.92 Å². The predicted molar refractivity (Wildman–Crippen MR) is 101 cm³/mol. The second-order valence-electron chi connectivity index (χ2n) is 6.47. The Balaban J connectivity index is 1.46. The second kappa shape index (κ2) is 8.40. The van der Waals surface area contributed by atoms with Crippen LogP contribution < -0.4 is 4.72 Å². The summed E-state index contributed by atoms with van der Waals surface area (Å²) in [7, 11) is -3.37. The summed E-state index contributed by atoms with van der Waals surface area (Å²) in [5.41, 5.74) is 1.09. The van der Waals surface area contributed by atoms with Crippen molar-refractivity contribution >= 4 is 21.4 Å². The van der Waals surface area contributed by atoms with Gasteiger partial charge < -0.3 is 0 Å². The second-order valence-corrected chi connectivity index (χ2v) is 9.63. The molecule has 1 fully saturated rings. The van der Waals surface area contributed by atoms with Gasteiger partial charge in [0.15, 0.2) is 0 Å². The van der Waals surface area contributed by atoms with Crippen molar-refractivity contribution in [2.45, 2.75) is 36.9 Å². The van der Waals surface area contributed by atoms with Crippen LogP contribution in [0.3, 0.4) is 0 Å². The molecule has 0 amide bonds. The third kappa shape index (κ3) is 5.10. The first-order valence-electron chi connectivity index (χ1n) is 8.77. The van der Waals surface area contributed by atoms with Crippen molar-refractivity contribution in [3.63, 3.8) is 0 Å². The molecule has 0 bridgehead atoms. The Bertz CT molecular complexity index is 767. The van der Waals surface area contributed by atoms with Crippen LogP contribution in [0.2, 0.25) is 0 Å². The molecule has 3 rings (SSSR count). The number of hydrogen-bond acceptors (Lipinski definition) is 5. The normalized spacial score (nSPS) is 17.0. The van der Waals surface area contributed by atoms with Crippen molar-refractivity contribution in [3.8, 4) is 0 Å². The first-order valence-corrected chi connectivity index (χ1v) is 11.1. The maximum Gasteiger partial charge on any atom is 0.250 e. The van der Waals surface area contributed by atoms with Gasteiger partial charge in [0.05, 0.1) is 5.69 Å². The molecule has 1 aliphatic heterocycles. The average Bonchev–Trinajstić information content (AvgIpc) is 3.12. The number of sulfonamides is 1. The van der Waals surface area contributed by atoms with Gasteiger partial charge in [-0.25, -0.2) is 13.1 Å². The summed E-state index contributed by atoms with van der Waals surface area (Å²) in [5.74, 6) is 0.403. The molecule has 2 aromatic rings. The highest BCUT2D eigenvalue weighted by Gasteiger charge is 2.23. The topological polar surface area (TPSA) is 62.3 Å². The minimum absolute atomic E-state index is 0.403. The SMILES string of the molecule is CCc1ccc(S(=O)(=O)NCC2CCN(Cc3ccccn3)CC2)s1. The summed E-state index contributed by atoms with van der Waals surface area (Å²) in [6, 6.07) is 9.60. The van der Waals surface area contributed by atoms with E-state index in [-0.39, 0.29) is 0 Å². The summed E-state index contributed by atoms with van der Waals surface area (Å²) < 4.78 is 28.0. The molecule has 1 saturated heterocycles. The zero-order valence-electron chi connectivity index (χ0n) is 14.5. The standard InChI is InChI=1S/C18H25N3O2S2/c1-2-17-6-7-18(24-17)25(22,23)20-13-15-8-11-21(12-9-15)14-16-5-3-4-10-19-16/h3-7,10,15,20H,2,8-9,11-14H2,1H3. The summed E-state index contributed by atoms with van der Waals surface area (Å²) in [6.07, 6.45) is 4.72. The van der Waals surface area contributed by atoms with Crippen molar-refractivity contribution in [2.75, 3.05) is 19.6 Å². The third-order valence-corrected chi connectivity index (χ3v) is 7.78. The number of hydrogen-bond donors (Lipinski definition) is 1. The fourth-order valence-corrected chi connectivity index (χ4v) is 5.52. The molecule has 0 atom stereocenters. The van der Waals surface area contributed by atoms with E-state index >= 15 is 0 Å². The van der Waals surface area contributed by atoms with Crippen molar-refractivity contribution in [1.82, 2.24) is 14.6 Å². The van der Waals surface area contributed by atoms with Gasteiger partial charge in [0, 0.05) is 24.2 Å². The number of rotatable bonds is 7. The Hall–Kier alpha value is -1.28. The van der Waals surface area contributed by atoms with Gasteiger partial charge in [-0.15, -0.1) is 11.3 Å². The molecule has 0 aliphatic carbocycles. The summed E-state index contributed by atoms with van der Waals surface area (Å²) in [6.45, 7) is 5.41. The molecule has 1 aliphatic rings. The molecule has 0 spiro atoms. The van der Waals surface area contributed by atoms with E-state index in [1.165, 1.54) is 11.3 Å². The Morgan fingerprint density at radius 1 is 1.24 bits per heavy atom. The van der Waals surface area contributed by atoms with Gasteiger partial charge in [-0.3, -0.25) is 9.88 Å². The monoisotopic (exact) mass is 379 g/mol. The van der Waals surface area contributed by atoms with E-state index < -0.39 is 10.0 Å².